The molecule has 2 aromatic rings. The number of allylic oxidation sites excluding steroid dienone is 1. The van der Waals surface area contributed by atoms with Crippen molar-refractivity contribution in [2.75, 3.05) is 77.6 Å². The molecular formula is C41H55ClFN5O6S. The van der Waals surface area contributed by atoms with Crippen LogP contribution < -0.4 is 14.4 Å². The minimum absolute atomic E-state index is 0.0795. The molecule has 2 saturated heterocycles. The first kappa shape index (κ1) is 40.0. The van der Waals surface area contributed by atoms with E-state index >= 15 is 4.39 Å². The number of halogens is 2. The maximum Gasteiger partial charge on any atom is 0.264 e. The van der Waals surface area contributed by atoms with Crippen LogP contribution in [0.4, 0.5) is 10.1 Å². The summed E-state index contributed by atoms with van der Waals surface area (Å²) in [6.07, 6.45) is 6.67. The highest BCUT2D eigenvalue weighted by Crippen LogP contribution is 2.45. The molecule has 14 heteroatoms. The van der Waals surface area contributed by atoms with Gasteiger partial charge in [-0.3, -0.25) is 19.4 Å². The highest BCUT2D eigenvalue weighted by Gasteiger charge is 2.45. The number of carbonyl (C=O) groups excluding carboxylic acids is 2. The van der Waals surface area contributed by atoms with E-state index in [0.717, 1.165) is 58.2 Å². The van der Waals surface area contributed by atoms with Gasteiger partial charge in [0.25, 0.3) is 5.91 Å². The summed E-state index contributed by atoms with van der Waals surface area (Å²) in [6, 6.07) is 9.78. The number of benzene rings is 2. The van der Waals surface area contributed by atoms with Crippen LogP contribution in [0.5, 0.6) is 5.75 Å². The van der Waals surface area contributed by atoms with Gasteiger partial charge in [-0.1, -0.05) is 30.7 Å². The molecule has 5 atom stereocenters. The number of aryl methyl sites for hydroxylation is 1. The van der Waals surface area contributed by atoms with Crippen LogP contribution in [0.2, 0.25) is 5.02 Å². The second-order valence-electron chi connectivity index (χ2n) is 16.3. The van der Waals surface area contributed by atoms with Crippen LogP contribution in [-0.4, -0.2) is 125 Å². The Labute approximate surface area is 330 Å². The van der Waals surface area contributed by atoms with Gasteiger partial charge in [0.2, 0.25) is 15.9 Å². The summed E-state index contributed by atoms with van der Waals surface area (Å²) >= 11 is 6.47. The molecule has 1 spiro atoms. The van der Waals surface area contributed by atoms with Crippen LogP contribution in [0.3, 0.4) is 0 Å². The number of amides is 2. The van der Waals surface area contributed by atoms with E-state index in [1.165, 1.54) is 24.1 Å². The quantitative estimate of drug-likeness (QED) is 0.448. The number of rotatable bonds is 4. The van der Waals surface area contributed by atoms with E-state index < -0.39 is 44.4 Å². The SMILES string of the molecule is C[C@@H]1[C@@H](C)C/C=C(\F)[C@H](C(=O)N(C)CCN2CCCOCC2)N2CCC[C@H]2CN2C[C@@]3(CCCc4cc(Cl)ccc43)COc3ccc(cc32)C(=O)NS1(=O)=O. The van der Waals surface area contributed by atoms with E-state index in [0.29, 0.717) is 62.4 Å². The summed E-state index contributed by atoms with van der Waals surface area (Å²) in [4.78, 5) is 36.3. The highest BCUT2D eigenvalue weighted by molar-refractivity contribution is 7.90. The maximum atomic E-state index is 16.9. The van der Waals surface area contributed by atoms with Crippen molar-refractivity contribution in [2.24, 2.45) is 5.92 Å². The Balaban J connectivity index is 1.28. The predicted octanol–water partition coefficient (Wildman–Crippen LogP) is 5.17. The Hall–Kier alpha value is -3.23. The molecule has 5 aliphatic rings. The van der Waals surface area contributed by atoms with Gasteiger partial charge in [0.15, 0.2) is 0 Å². The second kappa shape index (κ2) is 16.7. The van der Waals surface area contributed by atoms with Crippen molar-refractivity contribution in [1.29, 1.82) is 0 Å². The predicted molar refractivity (Wildman–Crippen MR) is 212 cm³/mol. The van der Waals surface area contributed by atoms with Gasteiger partial charge in [-0.2, -0.15) is 0 Å². The molecule has 4 heterocycles. The number of hydrogen-bond donors (Lipinski definition) is 1. The molecular weight excluding hydrogens is 745 g/mol. The molecule has 2 fully saturated rings. The standard InChI is InChI=1S/C41H55ClFN5O6S/c1-28-9-13-35(43)38(40(50)45(3)18-19-46-16-6-21-53-22-20-46)48-17-5-8-33(48)25-47-26-41(15-4-7-30-23-32(42)11-12-34(30)41)27-54-37-14-10-31(24-36(37)47)39(49)44-55(51,52)29(28)2/h10-14,23-24,28-29,33,38H,4-9,15-22,25-27H2,1-3H3,(H,44,49)/b35-13-/t28-,29+,33-,38+,41-/m0/s1. The second-order valence-corrected chi connectivity index (χ2v) is 18.7. The molecule has 2 aromatic carbocycles. The van der Waals surface area contributed by atoms with Crippen LogP contribution in [0, 0.1) is 5.92 Å². The molecule has 300 valence electrons. The molecule has 1 N–H and O–H groups in total. The molecule has 7 rings (SSSR count). The number of hydrogen-bond acceptors (Lipinski definition) is 9. The van der Waals surface area contributed by atoms with Gasteiger partial charge in [0.1, 0.15) is 17.6 Å². The van der Waals surface area contributed by atoms with Crippen molar-refractivity contribution in [3.8, 4) is 5.75 Å². The first-order valence-corrected chi connectivity index (χ1v) is 21.8. The summed E-state index contributed by atoms with van der Waals surface area (Å²) in [6.45, 7) is 9.33. The number of fused-ring (bicyclic) bond motifs is 4. The van der Waals surface area contributed by atoms with Gasteiger partial charge in [-0.25, -0.2) is 17.5 Å². The smallest absolute Gasteiger partial charge is 0.264 e. The Morgan fingerprint density at radius 3 is 2.76 bits per heavy atom. The van der Waals surface area contributed by atoms with E-state index in [1.54, 1.807) is 37.1 Å². The van der Waals surface area contributed by atoms with Crippen LogP contribution in [0.1, 0.15) is 73.9 Å². The summed E-state index contributed by atoms with van der Waals surface area (Å²) in [7, 11) is -2.39. The summed E-state index contributed by atoms with van der Waals surface area (Å²) < 4.78 is 58.5. The number of carbonyl (C=O) groups is 2. The fourth-order valence-corrected chi connectivity index (χ4v) is 10.6. The van der Waals surface area contributed by atoms with Gasteiger partial charge in [-0.05, 0) is 106 Å². The summed E-state index contributed by atoms with van der Waals surface area (Å²) in [5, 5.41) is -0.325. The molecule has 4 aliphatic heterocycles. The van der Waals surface area contributed by atoms with Crippen LogP contribution >= 0.6 is 11.6 Å². The summed E-state index contributed by atoms with van der Waals surface area (Å²) in [5.74, 6) is -1.57. The van der Waals surface area contributed by atoms with Gasteiger partial charge in [-0.15, -0.1) is 0 Å². The number of ether oxygens (including phenoxy) is 2. The summed E-state index contributed by atoms with van der Waals surface area (Å²) in [5.41, 5.74) is 2.83. The number of sulfonamides is 1. The maximum absolute atomic E-state index is 16.9. The van der Waals surface area contributed by atoms with Crippen molar-refractivity contribution >= 4 is 39.1 Å². The lowest BCUT2D eigenvalue weighted by Crippen LogP contribution is -2.54. The normalized spacial score (nSPS) is 30.2. The lowest BCUT2D eigenvalue weighted by Gasteiger charge is -2.42. The van der Waals surface area contributed by atoms with Crippen molar-refractivity contribution in [2.45, 2.75) is 81.5 Å². The minimum Gasteiger partial charge on any atom is -0.490 e. The van der Waals surface area contributed by atoms with Crippen molar-refractivity contribution in [3.05, 3.63) is 70.0 Å². The molecule has 0 unspecified atom stereocenters. The highest BCUT2D eigenvalue weighted by atomic mass is 35.5. The molecule has 0 radical (unpaired) electrons. The first-order chi connectivity index (χ1) is 26.3. The topological polar surface area (TPSA) is 112 Å². The van der Waals surface area contributed by atoms with Gasteiger partial charge in [0.05, 0.1) is 24.2 Å². The molecule has 2 bridgehead atoms. The minimum atomic E-state index is -4.14. The molecule has 0 aromatic heterocycles. The zero-order chi connectivity index (χ0) is 38.9. The Kier molecular flexibility index (Phi) is 12.1. The van der Waals surface area contributed by atoms with Crippen LogP contribution in [-0.2, 0) is 31.4 Å². The average Bonchev–Trinajstić information content (AvgIpc) is 3.36. The van der Waals surface area contributed by atoms with Crippen molar-refractivity contribution in [3.63, 3.8) is 0 Å². The monoisotopic (exact) mass is 799 g/mol. The fourth-order valence-electron chi connectivity index (χ4n) is 9.14. The molecule has 11 nitrogen and oxygen atoms in total. The van der Waals surface area contributed by atoms with Gasteiger partial charge >= 0.3 is 0 Å². The van der Waals surface area contributed by atoms with E-state index in [2.05, 4.69) is 20.6 Å². The Morgan fingerprint density at radius 2 is 1.93 bits per heavy atom. The van der Waals surface area contributed by atoms with E-state index in [1.807, 2.05) is 17.0 Å². The molecule has 0 saturated carbocycles. The number of likely N-dealkylation sites (N-methyl/N-ethyl adjacent to an activating group) is 1. The van der Waals surface area contributed by atoms with Crippen LogP contribution in [0.15, 0.2) is 48.3 Å². The lowest BCUT2D eigenvalue weighted by molar-refractivity contribution is -0.135. The number of nitrogens with one attached hydrogen (secondary N) is 1. The third-order valence-electron chi connectivity index (χ3n) is 12.6. The Bertz CT molecular complexity index is 1890. The van der Waals surface area contributed by atoms with E-state index in [9.17, 15) is 18.0 Å². The Morgan fingerprint density at radius 1 is 1.09 bits per heavy atom. The van der Waals surface area contributed by atoms with Crippen molar-refractivity contribution < 1.29 is 31.9 Å². The van der Waals surface area contributed by atoms with Gasteiger partial charge < -0.3 is 19.3 Å². The third kappa shape index (κ3) is 8.56. The number of nitrogens with zero attached hydrogens (tertiary/aromatic N) is 4. The largest absolute Gasteiger partial charge is 0.490 e. The number of anilines is 1. The fraction of sp³-hybridized carbons (Fsp3) is 0.610. The first-order valence-electron chi connectivity index (χ1n) is 19.9. The van der Waals surface area contributed by atoms with Crippen molar-refractivity contribution in [1.82, 2.24) is 19.4 Å². The average molecular weight is 800 g/mol. The lowest BCUT2D eigenvalue weighted by atomic mass is 9.70. The van der Waals surface area contributed by atoms with Crippen LogP contribution in [0.25, 0.3) is 0 Å². The molecule has 2 amide bonds. The molecule has 1 aliphatic carbocycles. The van der Waals surface area contributed by atoms with Gasteiger partial charge in [0, 0.05) is 75.0 Å². The third-order valence-corrected chi connectivity index (χ3v) is 14.8. The van der Waals surface area contributed by atoms with E-state index in [-0.39, 0.29) is 23.9 Å². The zero-order valence-corrected chi connectivity index (χ0v) is 33.8. The molecule has 55 heavy (non-hydrogen) atoms. The van der Waals surface area contributed by atoms with E-state index in [4.69, 9.17) is 21.1 Å². The zero-order valence-electron chi connectivity index (χ0n) is 32.3.